The number of aromatic carboxylic acids is 2. The number of thiazole rings is 1. The first kappa shape index (κ1) is 21.3. The molecule has 0 aliphatic carbocycles. The van der Waals surface area contributed by atoms with Crippen molar-refractivity contribution in [3.8, 4) is 11.3 Å². The Morgan fingerprint density at radius 2 is 1.54 bits per heavy atom. The molecule has 0 fully saturated rings. The number of carbonyl (C=O) groups excluding carboxylic acids is 1. The van der Waals surface area contributed by atoms with Gasteiger partial charge in [-0.1, -0.05) is 40.2 Å². The molecule has 0 spiro atoms. The van der Waals surface area contributed by atoms with Crippen LogP contribution < -0.4 is 5.73 Å². The Labute approximate surface area is 172 Å². The number of halogens is 1. The summed E-state index contributed by atoms with van der Waals surface area (Å²) in [6, 6.07) is 12.6. The first-order valence-electron chi connectivity index (χ1n) is 7.79. The molecule has 0 radical (unpaired) electrons. The van der Waals surface area contributed by atoms with E-state index in [9.17, 15) is 14.4 Å². The maximum absolute atomic E-state index is 11.1. The number of anilines is 1. The maximum atomic E-state index is 11.1. The Hall–Kier alpha value is -3.04. The SMILES string of the molecule is Nc1nc(-c2cccc(C(=O)O)c2)cs1.O=C(O)c1cccc(C(=O)CBr)c1. The highest BCUT2D eigenvalue weighted by molar-refractivity contribution is 9.09. The number of hydrogen-bond donors (Lipinski definition) is 3. The lowest BCUT2D eigenvalue weighted by Gasteiger charge is -1.98. The number of ketones is 1. The van der Waals surface area contributed by atoms with E-state index in [-0.39, 0.29) is 22.2 Å². The zero-order valence-corrected chi connectivity index (χ0v) is 16.7. The lowest BCUT2D eigenvalue weighted by molar-refractivity contribution is 0.0686. The molecule has 0 amide bonds. The molecular formula is C19H15BrN2O5S. The van der Waals surface area contributed by atoms with Crippen molar-refractivity contribution in [2.24, 2.45) is 0 Å². The number of carboxylic acid groups (broad SMARTS) is 2. The molecule has 9 heteroatoms. The summed E-state index contributed by atoms with van der Waals surface area (Å²) >= 11 is 4.35. The van der Waals surface area contributed by atoms with Gasteiger partial charge in [-0.25, -0.2) is 14.6 Å². The standard InChI is InChI=1S/C10H8N2O2S.C9H7BrO3/c11-10-12-8(5-15-10)6-2-1-3-7(4-6)9(13)14;10-5-8(11)6-2-1-3-7(4-6)9(12)13/h1-5H,(H2,11,12)(H,13,14);1-4H,5H2,(H,12,13). The van der Waals surface area contributed by atoms with Crippen LogP contribution in [0.4, 0.5) is 5.13 Å². The predicted octanol–water partition coefficient (Wildman–Crippen LogP) is 4.05. The minimum absolute atomic E-state index is 0.122. The van der Waals surface area contributed by atoms with Gasteiger partial charge in [-0.05, 0) is 24.3 Å². The van der Waals surface area contributed by atoms with Gasteiger partial charge in [0, 0.05) is 16.5 Å². The topological polar surface area (TPSA) is 131 Å². The number of hydrogen-bond acceptors (Lipinski definition) is 6. The second kappa shape index (κ2) is 9.77. The highest BCUT2D eigenvalue weighted by Gasteiger charge is 2.08. The van der Waals surface area contributed by atoms with E-state index in [0.717, 1.165) is 5.56 Å². The van der Waals surface area contributed by atoms with Crippen LogP contribution in [0.25, 0.3) is 11.3 Å². The number of rotatable bonds is 5. The first-order chi connectivity index (χ1) is 13.3. The normalized spacial score (nSPS) is 9.89. The third-order valence-corrected chi connectivity index (χ3v) is 4.66. The summed E-state index contributed by atoms with van der Waals surface area (Å²) in [5.74, 6) is -2.09. The van der Waals surface area contributed by atoms with Crippen molar-refractivity contribution >= 4 is 50.1 Å². The van der Waals surface area contributed by atoms with Crippen LogP contribution in [-0.4, -0.2) is 38.2 Å². The number of nitrogen functional groups attached to an aromatic ring is 1. The molecule has 3 aromatic rings. The van der Waals surface area contributed by atoms with Crippen LogP contribution in [0, 0.1) is 0 Å². The smallest absolute Gasteiger partial charge is 0.335 e. The largest absolute Gasteiger partial charge is 0.478 e. The van der Waals surface area contributed by atoms with Crippen molar-refractivity contribution in [3.05, 3.63) is 70.6 Å². The molecule has 1 heterocycles. The zero-order chi connectivity index (χ0) is 20.7. The molecule has 0 unspecified atom stereocenters. The molecule has 0 atom stereocenters. The van der Waals surface area contributed by atoms with Crippen molar-refractivity contribution in [2.45, 2.75) is 0 Å². The van der Waals surface area contributed by atoms with E-state index >= 15 is 0 Å². The van der Waals surface area contributed by atoms with Crippen molar-refractivity contribution in [1.29, 1.82) is 0 Å². The van der Waals surface area contributed by atoms with E-state index < -0.39 is 11.9 Å². The summed E-state index contributed by atoms with van der Waals surface area (Å²) in [5.41, 5.74) is 7.77. The summed E-state index contributed by atoms with van der Waals surface area (Å²) in [4.78, 5) is 36.5. The Bertz CT molecular complexity index is 1020. The van der Waals surface area contributed by atoms with E-state index in [2.05, 4.69) is 20.9 Å². The molecular weight excluding hydrogens is 448 g/mol. The van der Waals surface area contributed by atoms with Crippen LogP contribution >= 0.6 is 27.3 Å². The summed E-state index contributed by atoms with van der Waals surface area (Å²) in [7, 11) is 0. The molecule has 0 aliphatic rings. The second-order valence-corrected chi connectivity index (χ2v) is 6.85. The predicted molar refractivity (Wildman–Crippen MR) is 110 cm³/mol. The fourth-order valence-corrected chi connectivity index (χ4v) is 3.03. The molecule has 28 heavy (non-hydrogen) atoms. The van der Waals surface area contributed by atoms with Gasteiger partial charge in [0.2, 0.25) is 0 Å². The van der Waals surface area contributed by atoms with Gasteiger partial charge in [0.15, 0.2) is 10.9 Å². The van der Waals surface area contributed by atoms with Crippen LogP contribution in [0.2, 0.25) is 0 Å². The molecule has 0 saturated carbocycles. The molecule has 3 rings (SSSR count). The van der Waals surface area contributed by atoms with Crippen LogP contribution in [0.15, 0.2) is 53.9 Å². The molecule has 7 nitrogen and oxygen atoms in total. The highest BCUT2D eigenvalue weighted by atomic mass is 79.9. The number of alkyl halides is 1. The highest BCUT2D eigenvalue weighted by Crippen LogP contribution is 2.23. The Morgan fingerprint density at radius 3 is 2.07 bits per heavy atom. The Balaban J connectivity index is 0.000000203. The van der Waals surface area contributed by atoms with Crippen LogP contribution in [-0.2, 0) is 0 Å². The molecule has 2 aromatic carbocycles. The molecule has 0 aliphatic heterocycles. The number of carboxylic acids is 2. The fraction of sp³-hybridized carbons (Fsp3) is 0.0526. The molecule has 0 bridgehead atoms. The quantitative estimate of drug-likeness (QED) is 0.384. The van der Waals surface area contributed by atoms with Gasteiger partial charge < -0.3 is 15.9 Å². The molecule has 144 valence electrons. The number of Topliss-reactive ketones (excluding diaryl/α,β-unsaturated/α-hetero) is 1. The van der Waals surface area contributed by atoms with Gasteiger partial charge in [-0.15, -0.1) is 11.3 Å². The summed E-state index contributed by atoms with van der Waals surface area (Å²) in [6.45, 7) is 0. The zero-order valence-electron chi connectivity index (χ0n) is 14.3. The fourth-order valence-electron chi connectivity index (χ4n) is 2.13. The van der Waals surface area contributed by atoms with Gasteiger partial charge in [-0.2, -0.15) is 0 Å². The Morgan fingerprint density at radius 1 is 0.964 bits per heavy atom. The summed E-state index contributed by atoms with van der Waals surface area (Å²) in [5, 5.41) is 19.9. The van der Waals surface area contributed by atoms with Gasteiger partial charge in [0.05, 0.1) is 22.2 Å². The van der Waals surface area contributed by atoms with Crippen LogP contribution in [0.3, 0.4) is 0 Å². The van der Waals surface area contributed by atoms with Crippen molar-refractivity contribution < 1.29 is 24.6 Å². The molecule has 0 saturated heterocycles. The van der Waals surface area contributed by atoms with Gasteiger partial charge >= 0.3 is 11.9 Å². The van der Waals surface area contributed by atoms with E-state index in [1.165, 1.54) is 23.5 Å². The minimum atomic E-state index is -1.02. The monoisotopic (exact) mass is 462 g/mol. The summed E-state index contributed by atoms with van der Waals surface area (Å²) < 4.78 is 0. The number of benzene rings is 2. The number of aromatic nitrogens is 1. The second-order valence-electron chi connectivity index (χ2n) is 5.40. The lowest BCUT2D eigenvalue weighted by atomic mass is 10.1. The van der Waals surface area contributed by atoms with Crippen molar-refractivity contribution in [1.82, 2.24) is 4.98 Å². The minimum Gasteiger partial charge on any atom is -0.478 e. The average Bonchev–Trinajstić information content (AvgIpc) is 3.14. The van der Waals surface area contributed by atoms with E-state index in [1.807, 2.05) is 0 Å². The lowest BCUT2D eigenvalue weighted by Crippen LogP contribution is -2.03. The van der Waals surface area contributed by atoms with Gasteiger partial charge in [-0.3, -0.25) is 4.79 Å². The Kier molecular flexibility index (Phi) is 7.42. The third kappa shape index (κ3) is 5.73. The first-order valence-corrected chi connectivity index (χ1v) is 9.79. The van der Waals surface area contributed by atoms with Crippen LogP contribution in [0.5, 0.6) is 0 Å². The van der Waals surface area contributed by atoms with E-state index in [4.69, 9.17) is 15.9 Å². The average molecular weight is 463 g/mol. The molecule has 1 aromatic heterocycles. The van der Waals surface area contributed by atoms with E-state index in [0.29, 0.717) is 16.4 Å². The molecule has 4 N–H and O–H groups in total. The van der Waals surface area contributed by atoms with Crippen molar-refractivity contribution in [2.75, 3.05) is 11.1 Å². The third-order valence-electron chi connectivity index (χ3n) is 3.48. The van der Waals surface area contributed by atoms with Crippen LogP contribution in [0.1, 0.15) is 31.1 Å². The number of nitrogens with zero attached hydrogens (tertiary/aromatic N) is 1. The van der Waals surface area contributed by atoms with Crippen molar-refractivity contribution in [3.63, 3.8) is 0 Å². The van der Waals surface area contributed by atoms with Gasteiger partial charge in [0.25, 0.3) is 0 Å². The number of nitrogens with two attached hydrogens (primary N) is 1. The summed E-state index contributed by atoms with van der Waals surface area (Å²) in [6.07, 6.45) is 0. The number of carbonyl (C=O) groups is 3. The maximum Gasteiger partial charge on any atom is 0.335 e. The van der Waals surface area contributed by atoms with Gasteiger partial charge in [0.1, 0.15) is 0 Å². The van der Waals surface area contributed by atoms with E-state index in [1.54, 1.807) is 41.8 Å².